The number of nitrogens with one attached hydrogen (secondary N) is 1. The van der Waals surface area contributed by atoms with Crippen LogP contribution < -0.4 is 24.3 Å². The third-order valence-electron chi connectivity index (χ3n) is 4.71. The van der Waals surface area contributed by atoms with E-state index in [1.165, 1.54) is 5.56 Å². The molecule has 0 atom stereocenters. The van der Waals surface area contributed by atoms with E-state index < -0.39 is 0 Å². The lowest BCUT2D eigenvalue weighted by Crippen LogP contribution is -2.07. The lowest BCUT2D eigenvalue weighted by Gasteiger charge is -2.14. The minimum atomic E-state index is 0.591. The van der Waals surface area contributed by atoms with E-state index in [1.807, 2.05) is 64.2 Å². The van der Waals surface area contributed by atoms with Crippen molar-refractivity contribution >= 4 is 16.6 Å². The van der Waals surface area contributed by atoms with Gasteiger partial charge in [0, 0.05) is 18.1 Å². The summed E-state index contributed by atoms with van der Waals surface area (Å²) in [5.41, 5.74) is 1.18. The van der Waals surface area contributed by atoms with Gasteiger partial charge in [-0.15, -0.1) is 0 Å². The maximum absolute atomic E-state index is 5.75. The van der Waals surface area contributed by atoms with Gasteiger partial charge in [0.1, 0.15) is 5.82 Å². The van der Waals surface area contributed by atoms with E-state index in [2.05, 4.69) is 16.4 Å². The topological polar surface area (TPSA) is 61.8 Å². The van der Waals surface area contributed by atoms with Gasteiger partial charge >= 0.3 is 0 Å². The second-order valence-corrected chi connectivity index (χ2v) is 6.91. The molecule has 1 N–H and O–H groups in total. The predicted molar refractivity (Wildman–Crippen MR) is 125 cm³/mol. The Morgan fingerprint density at radius 2 is 1.26 bits per heavy atom. The molecule has 0 bridgehead atoms. The summed E-state index contributed by atoms with van der Waals surface area (Å²) < 4.78 is 22.8. The number of fused-ring (bicyclic) bond motifs is 1. The number of aromatic nitrogens is 1. The van der Waals surface area contributed by atoms with Gasteiger partial charge in [-0.25, -0.2) is 4.98 Å². The Kier molecular flexibility index (Phi) is 8.21. The van der Waals surface area contributed by atoms with Crippen LogP contribution in [0.2, 0.25) is 0 Å². The average Bonchev–Trinajstić information content (AvgIpc) is 2.76. The first kappa shape index (κ1) is 22.5. The van der Waals surface area contributed by atoms with Crippen molar-refractivity contribution in [3.05, 3.63) is 48.2 Å². The standard InChI is InChI=1S/C25H32N2O4/c1-5-28-21-10-9-18(13-22(21)29-6-2)11-12-26-25-16-19-14-23(30-7-3)24(31-8-4)15-20(19)17-27-25/h9-10,13-17H,5-8,11-12H2,1-4H3,(H,26,27). The van der Waals surface area contributed by atoms with Gasteiger partial charge in [-0.05, 0) is 75.4 Å². The maximum Gasteiger partial charge on any atom is 0.161 e. The summed E-state index contributed by atoms with van der Waals surface area (Å²) in [6.45, 7) is 11.0. The summed E-state index contributed by atoms with van der Waals surface area (Å²) in [7, 11) is 0. The van der Waals surface area contributed by atoms with Gasteiger partial charge in [-0.2, -0.15) is 0 Å². The van der Waals surface area contributed by atoms with E-state index in [-0.39, 0.29) is 0 Å². The lowest BCUT2D eigenvalue weighted by atomic mass is 10.1. The molecule has 1 heterocycles. The highest BCUT2D eigenvalue weighted by Crippen LogP contribution is 2.33. The number of benzene rings is 2. The molecule has 0 saturated heterocycles. The summed E-state index contributed by atoms with van der Waals surface area (Å²) in [4.78, 5) is 4.55. The molecule has 2 aromatic carbocycles. The fourth-order valence-electron chi connectivity index (χ4n) is 3.37. The summed E-state index contributed by atoms with van der Waals surface area (Å²) in [5.74, 6) is 3.91. The SMILES string of the molecule is CCOc1ccc(CCNc2cc3cc(OCC)c(OCC)cc3cn2)cc1OCC. The summed E-state index contributed by atoms with van der Waals surface area (Å²) >= 11 is 0. The smallest absolute Gasteiger partial charge is 0.161 e. The number of anilines is 1. The largest absolute Gasteiger partial charge is 0.490 e. The molecular formula is C25H32N2O4. The predicted octanol–water partition coefficient (Wildman–Crippen LogP) is 5.48. The minimum absolute atomic E-state index is 0.591. The average molecular weight is 425 g/mol. The zero-order chi connectivity index (χ0) is 22.1. The van der Waals surface area contributed by atoms with Crippen molar-refractivity contribution < 1.29 is 18.9 Å². The normalized spacial score (nSPS) is 10.7. The quantitative estimate of drug-likeness (QED) is 0.415. The fourth-order valence-corrected chi connectivity index (χ4v) is 3.37. The molecule has 1 aromatic heterocycles. The molecule has 0 fully saturated rings. The van der Waals surface area contributed by atoms with Gasteiger partial charge in [0.15, 0.2) is 23.0 Å². The van der Waals surface area contributed by atoms with Gasteiger partial charge in [0.05, 0.1) is 26.4 Å². The molecule has 0 aliphatic carbocycles. The number of hydrogen-bond acceptors (Lipinski definition) is 6. The first-order chi connectivity index (χ1) is 15.2. The van der Waals surface area contributed by atoms with E-state index in [0.29, 0.717) is 26.4 Å². The second-order valence-electron chi connectivity index (χ2n) is 6.91. The zero-order valence-corrected chi connectivity index (χ0v) is 18.9. The zero-order valence-electron chi connectivity index (χ0n) is 18.9. The van der Waals surface area contributed by atoms with E-state index in [0.717, 1.165) is 52.6 Å². The second kappa shape index (κ2) is 11.3. The lowest BCUT2D eigenvalue weighted by molar-refractivity contribution is 0.287. The van der Waals surface area contributed by atoms with Crippen molar-refractivity contribution in [3.8, 4) is 23.0 Å². The Morgan fingerprint density at radius 1 is 0.677 bits per heavy atom. The maximum atomic E-state index is 5.75. The van der Waals surface area contributed by atoms with Crippen LogP contribution in [0.1, 0.15) is 33.3 Å². The van der Waals surface area contributed by atoms with Gasteiger partial charge in [-0.1, -0.05) is 6.07 Å². The number of pyridine rings is 1. The molecule has 166 valence electrons. The van der Waals surface area contributed by atoms with Crippen molar-refractivity contribution in [1.82, 2.24) is 4.98 Å². The molecule has 3 aromatic rings. The first-order valence-electron chi connectivity index (χ1n) is 11.0. The molecule has 6 nitrogen and oxygen atoms in total. The van der Waals surface area contributed by atoms with Crippen molar-refractivity contribution in [2.45, 2.75) is 34.1 Å². The van der Waals surface area contributed by atoms with E-state index in [1.54, 1.807) is 0 Å². The number of nitrogens with zero attached hydrogens (tertiary/aromatic N) is 1. The van der Waals surface area contributed by atoms with Crippen LogP contribution >= 0.6 is 0 Å². The van der Waals surface area contributed by atoms with Gasteiger partial charge in [0.2, 0.25) is 0 Å². The Balaban J connectivity index is 1.69. The Bertz CT molecular complexity index is 991. The molecule has 0 amide bonds. The summed E-state index contributed by atoms with van der Waals surface area (Å²) in [6, 6.07) is 12.1. The van der Waals surface area contributed by atoms with Gasteiger partial charge in [0.25, 0.3) is 0 Å². The van der Waals surface area contributed by atoms with Crippen LogP contribution in [-0.4, -0.2) is 38.0 Å². The van der Waals surface area contributed by atoms with E-state index in [4.69, 9.17) is 18.9 Å². The Labute approximate surface area is 184 Å². The molecule has 0 unspecified atom stereocenters. The monoisotopic (exact) mass is 424 g/mol. The molecule has 0 aliphatic heterocycles. The van der Waals surface area contributed by atoms with Crippen molar-refractivity contribution in [2.24, 2.45) is 0 Å². The van der Waals surface area contributed by atoms with E-state index >= 15 is 0 Å². The number of hydrogen-bond donors (Lipinski definition) is 1. The third-order valence-corrected chi connectivity index (χ3v) is 4.71. The van der Waals surface area contributed by atoms with Crippen LogP contribution in [0.3, 0.4) is 0 Å². The first-order valence-corrected chi connectivity index (χ1v) is 11.0. The molecular weight excluding hydrogens is 392 g/mol. The Morgan fingerprint density at radius 3 is 1.90 bits per heavy atom. The van der Waals surface area contributed by atoms with Gasteiger partial charge < -0.3 is 24.3 Å². The van der Waals surface area contributed by atoms with Crippen LogP contribution in [0, 0.1) is 0 Å². The highest BCUT2D eigenvalue weighted by Gasteiger charge is 2.09. The highest BCUT2D eigenvalue weighted by molar-refractivity contribution is 5.87. The summed E-state index contributed by atoms with van der Waals surface area (Å²) in [5, 5.41) is 5.49. The van der Waals surface area contributed by atoms with Gasteiger partial charge in [-0.3, -0.25) is 0 Å². The molecule has 31 heavy (non-hydrogen) atoms. The molecule has 0 spiro atoms. The number of rotatable bonds is 12. The van der Waals surface area contributed by atoms with Crippen molar-refractivity contribution in [3.63, 3.8) is 0 Å². The molecule has 3 rings (SSSR count). The number of ether oxygens (including phenoxy) is 4. The van der Waals surface area contributed by atoms with Crippen molar-refractivity contribution in [1.29, 1.82) is 0 Å². The molecule has 0 saturated carbocycles. The minimum Gasteiger partial charge on any atom is -0.490 e. The van der Waals surface area contributed by atoms with Crippen LogP contribution in [0.4, 0.5) is 5.82 Å². The van der Waals surface area contributed by atoms with Crippen LogP contribution in [-0.2, 0) is 6.42 Å². The highest BCUT2D eigenvalue weighted by atomic mass is 16.5. The molecule has 0 radical (unpaired) electrons. The van der Waals surface area contributed by atoms with Crippen LogP contribution in [0.15, 0.2) is 42.6 Å². The summed E-state index contributed by atoms with van der Waals surface area (Å²) in [6.07, 6.45) is 2.71. The van der Waals surface area contributed by atoms with Crippen LogP contribution in [0.5, 0.6) is 23.0 Å². The Hall–Kier alpha value is -3.15. The molecule has 0 aliphatic rings. The van der Waals surface area contributed by atoms with Crippen molar-refractivity contribution in [2.75, 3.05) is 38.3 Å². The van der Waals surface area contributed by atoms with Crippen LogP contribution in [0.25, 0.3) is 10.8 Å². The molecule has 6 heteroatoms. The fraction of sp³-hybridized carbons (Fsp3) is 0.400. The van der Waals surface area contributed by atoms with E-state index in [9.17, 15) is 0 Å². The third kappa shape index (κ3) is 5.94.